The van der Waals surface area contributed by atoms with E-state index < -0.39 is 17.6 Å². The molecule has 1 heterocycles. The zero-order chi connectivity index (χ0) is 19.4. The van der Waals surface area contributed by atoms with Gasteiger partial charge >= 0.3 is 5.97 Å². The van der Waals surface area contributed by atoms with Crippen LogP contribution in [0.5, 0.6) is 0 Å². The molecule has 0 aliphatic rings. The summed E-state index contributed by atoms with van der Waals surface area (Å²) in [5.41, 5.74) is 0.227. The van der Waals surface area contributed by atoms with Gasteiger partial charge in [-0.1, -0.05) is 17.7 Å². The molecule has 3 rings (SSSR count). The lowest BCUT2D eigenvalue weighted by molar-refractivity contribution is 0.0601. The molecule has 0 aliphatic carbocycles. The summed E-state index contributed by atoms with van der Waals surface area (Å²) in [5, 5.41) is 13.1. The molecular formula is C17H12ClF2N5O2. The first-order chi connectivity index (χ1) is 13.0. The van der Waals surface area contributed by atoms with Crippen LogP contribution < -0.4 is 10.6 Å². The van der Waals surface area contributed by atoms with Crippen LogP contribution in [0.3, 0.4) is 0 Å². The lowest BCUT2D eigenvalue weighted by Gasteiger charge is -2.10. The van der Waals surface area contributed by atoms with Crippen LogP contribution in [0.25, 0.3) is 0 Å². The molecule has 0 saturated heterocycles. The number of rotatable bonds is 5. The van der Waals surface area contributed by atoms with Gasteiger partial charge in [-0.05, 0) is 30.3 Å². The van der Waals surface area contributed by atoms with Gasteiger partial charge in [-0.3, -0.25) is 0 Å². The number of nitrogens with one attached hydrogen (secondary N) is 2. The minimum absolute atomic E-state index is 0.000614. The molecule has 0 radical (unpaired) electrons. The van der Waals surface area contributed by atoms with Crippen LogP contribution >= 0.6 is 11.6 Å². The average molecular weight is 392 g/mol. The summed E-state index contributed by atoms with van der Waals surface area (Å²) in [4.78, 5) is 15.7. The second-order valence-electron chi connectivity index (χ2n) is 5.20. The average Bonchev–Trinajstić information content (AvgIpc) is 2.66. The number of hydrogen-bond acceptors (Lipinski definition) is 7. The van der Waals surface area contributed by atoms with Gasteiger partial charge in [-0.25, -0.2) is 13.6 Å². The smallest absolute Gasteiger partial charge is 0.337 e. The number of para-hydroxylation sites is 1. The maximum absolute atomic E-state index is 13.7. The summed E-state index contributed by atoms with van der Waals surface area (Å²) in [6, 6.07) is 7.91. The Balaban J connectivity index is 1.85. The highest BCUT2D eigenvalue weighted by Crippen LogP contribution is 2.26. The van der Waals surface area contributed by atoms with E-state index >= 15 is 0 Å². The number of ether oxygens (including phenoxy) is 1. The fourth-order valence-electron chi connectivity index (χ4n) is 2.15. The molecule has 2 N–H and O–H groups in total. The van der Waals surface area contributed by atoms with Gasteiger partial charge in [0.25, 0.3) is 0 Å². The van der Waals surface area contributed by atoms with Crippen molar-refractivity contribution in [3.05, 3.63) is 64.8 Å². The SMILES string of the molecule is COC(=O)c1ccc(Cl)c(Nc2nncc(Nc3c(F)cccc3F)n2)c1. The third-order valence-electron chi connectivity index (χ3n) is 3.41. The van der Waals surface area contributed by atoms with E-state index in [1.807, 2.05) is 0 Å². The largest absolute Gasteiger partial charge is 0.465 e. The molecule has 0 aliphatic heterocycles. The summed E-state index contributed by atoms with van der Waals surface area (Å²) in [7, 11) is 1.26. The van der Waals surface area contributed by atoms with Crippen molar-refractivity contribution in [3.63, 3.8) is 0 Å². The van der Waals surface area contributed by atoms with Gasteiger partial charge in [0, 0.05) is 0 Å². The van der Waals surface area contributed by atoms with E-state index in [1.165, 1.54) is 37.6 Å². The Morgan fingerprint density at radius 2 is 1.89 bits per heavy atom. The van der Waals surface area contributed by atoms with Crippen LogP contribution in [-0.4, -0.2) is 28.3 Å². The van der Waals surface area contributed by atoms with Gasteiger partial charge in [0.2, 0.25) is 5.95 Å². The van der Waals surface area contributed by atoms with Crippen molar-refractivity contribution in [2.24, 2.45) is 0 Å². The molecule has 138 valence electrons. The van der Waals surface area contributed by atoms with E-state index in [0.29, 0.717) is 10.7 Å². The van der Waals surface area contributed by atoms with Crippen molar-refractivity contribution >= 4 is 40.7 Å². The topological polar surface area (TPSA) is 89.0 Å². The molecule has 1 aromatic heterocycles. The first-order valence-electron chi connectivity index (χ1n) is 7.53. The van der Waals surface area contributed by atoms with Gasteiger partial charge in [0.05, 0.1) is 29.6 Å². The molecule has 0 atom stereocenters. The predicted molar refractivity (Wildman–Crippen MR) is 95.5 cm³/mol. The molecule has 0 fully saturated rings. The van der Waals surface area contributed by atoms with Crippen molar-refractivity contribution in [2.75, 3.05) is 17.7 Å². The van der Waals surface area contributed by atoms with E-state index in [0.717, 1.165) is 12.1 Å². The number of nitrogens with zero attached hydrogens (tertiary/aromatic N) is 3. The first kappa shape index (κ1) is 18.5. The number of esters is 1. The summed E-state index contributed by atoms with van der Waals surface area (Å²) < 4.78 is 32.1. The summed E-state index contributed by atoms with van der Waals surface area (Å²) in [5.74, 6) is -2.05. The van der Waals surface area contributed by atoms with Crippen LogP contribution in [0.4, 0.5) is 31.9 Å². The van der Waals surface area contributed by atoms with Crippen molar-refractivity contribution in [2.45, 2.75) is 0 Å². The predicted octanol–water partition coefficient (Wildman–Crippen LogP) is 4.08. The van der Waals surface area contributed by atoms with Gasteiger partial charge < -0.3 is 15.4 Å². The fourth-order valence-corrected chi connectivity index (χ4v) is 2.31. The number of methoxy groups -OCH3 is 1. The molecule has 0 unspecified atom stereocenters. The molecule has 7 nitrogen and oxygen atoms in total. The number of carbonyl (C=O) groups is 1. The van der Waals surface area contributed by atoms with E-state index in [1.54, 1.807) is 0 Å². The number of carbonyl (C=O) groups excluding carboxylic acids is 1. The first-order valence-corrected chi connectivity index (χ1v) is 7.91. The standard InChI is InChI=1S/C17H12ClF2N5O2/c1-27-16(26)9-5-6-10(18)13(7-9)22-17-24-14(8-21-25-17)23-15-11(19)3-2-4-12(15)20/h2-8H,1H3,(H2,22,23,24,25). The third kappa shape index (κ3) is 4.26. The summed E-state index contributed by atoms with van der Waals surface area (Å²) in [6.07, 6.45) is 1.20. The van der Waals surface area contributed by atoms with Crippen LogP contribution in [-0.2, 0) is 4.74 Å². The molecular weight excluding hydrogens is 380 g/mol. The van der Waals surface area contributed by atoms with E-state index in [9.17, 15) is 13.6 Å². The highest BCUT2D eigenvalue weighted by Gasteiger charge is 2.12. The minimum atomic E-state index is -0.781. The minimum Gasteiger partial charge on any atom is -0.465 e. The van der Waals surface area contributed by atoms with Gasteiger partial charge in [0.1, 0.15) is 17.3 Å². The Hall–Kier alpha value is -3.33. The molecule has 27 heavy (non-hydrogen) atoms. The second-order valence-corrected chi connectivity index (χ2v) is 5.61. The van der Waals surface area contributed by atoms with E-state index in [-0.39, 0.29) is 23.0 Å². The lowest BCUT2D eigenvalue weighted by Crippen LogP contribution is -2.06. The monoisotopic (exact) mass is 391 g/mol. The van der Waals surface area contributed by atoms with Crippen LogP contribution in [0, 0.1) is 11.6 Å². The number of hydrogen-bond donors (Lipinski definition) is 2. The zero-order valence-corrected chi connectivity index (χ0v) is 14.6. The highest BCUT2D eigenvalue weighted by molar-refractivity contribution is 6.33. The summed E-state index contributed by atoms with van der Waals surface area (Å²) >= 11 is 6.10. The van der Waals surface area contributed by atoms with Crippen molar-refractivity contribution in [1.29, 1.82) is 0 Å². The highest BCUT2D eigenvalue weighted by atomic mass is 35.5. The lowest BCUT2D eigenvalue weighted by atomic mass is 10.2. The number of anilines is 4. The molecule has 0 bridgehead atoms. The number of aromatic nitrogens is 3. The molecule has 0 spiro atoms. The quantitative estimate of drug-likeness (QED) is 0.633. The Morgan fingerprint density at radius 3 is 2.59 bits per heavy atom. The summed E-state index contributed by atoms with van der Waals surface area (Å²) in [6.45, 7) is 0. The fraction of sp³-hybridized carbons (Fsp3) is 0.0588. The molecule has 10 heteroatoms. The molecule has 0 amide bonds. The Kier molecular flexibility index (Phi) is 5.41. The Bertz CT molecular complexity index is 983. The van der Waals surface area contributed by atoms with Gasteiger partial charge in [-0.2, -0.15) is 10.1 Å². The molecule has 2 aromatic carbocycles. The van der Waals surface area contributed by atoms with E-state index in [2.05, 4.69) is 30.6 Å². The number of benzene rings is 2. The Labute approximate surface area is 157 Å². The normalized spacial score (nSPS) is 10.4. The zero-order valence-electron chi connectivity index (χ0n) is 13.8. The molecule has 0 saturated carbocycles. The van der Waals surface area contributed by atoms with Crippen molar-refractivity contribution in [1.82, 2.24) is 15.2 Å². The number of halogens is 3. The van der Waals surface area contributed by atoms with Crippen molar-refractivity contribution in [3.8, 4) is 0 Å². The van der Waals surface area contributed by atoms with Crippen LogP contribution in [0.15, 0.2) is 42.6 Å². The second kappa shape index (κ2) is 7.92. The Morgan fingerprint density at radius 1 is 1.15 bits per heavy atom. The molecule has 3 aromatic rings. The third-order valence-corrected chi connectivity index (χ3v) is 3.74. The maximum atomic E-state index is 13.7. The maximum Gasteiger partial charge on any atom is 0.337 e. The van der Waals surface area contributed by atoms with Gasteiger partial charge in [0.15, 0.2) is 5.82 Å². The van der Waals surface area contributed by atoms with E-state index in [4.69, 9.17) is 11.6 Å². The van der Waals surface area contributed by atoms with Crippen molar-refractivity contribution < 1.29 is 18.3 Å². The van der Waals surface area contributed by atoms with Crippen LogP contribution in [0.1, 0.15) is 10.4 Å². The van der Waals surface area contributed by atoms with Crippen LogP contribution in [0.2, 0.25) is 5.02 Å². The van der Waals surface area contributed by atoms with Gasteiger partial charge in [-0.15, -0.1) is 5.10 Å².